The van der Waals surface area contributed by atoms with Gasteiger partial charge in [-0.1, -0.05) is 32.8 Å². The zero-order valence-electron chi connectivity index (χ0n) is 23.8. The molecule has 4 rings (SSSR count). The molecule has 2 aromatic rings. The predicted molar refractivity (Wildman–Crippen MR) is 147 cm³/mol. The Hall–Kier alpha value is -4.00. The highest BCUT2D eigenvalue weighted by atomic mass is 19.4. The number of hydrogen-bond acceptors (Lipinski definition) is 7. The van der Waals surface area contributed by atoms with Crippen LogP contribution in [0.15, 0.2) is 42.7 Å². The molecule has 1 saturated heterocycles. The summed E-state index contributed by atoms with van der Waals surface area (Å²) in [5.74, 6) is -4.15. The molecule has 1 unspecified atom stereocenters. The maximum absolute atomic E-state index is 13.6. The van der Waals surface area contributed by atoms with Gasteiger partial charge >= 0.3 is 18.2 Å². The summed E-state index contributed by atoms with van der Waals surface area (Å²) < 4.78 is 43.6. The van der Waals surface area contributed by atoms with E-state index in [1.807, 2.05) is 13.8 Å². The Balaban J connectivity index is 1.63. The van der Waals surface area contributed by atoms with Gasteiger partial charge < -0.3 is 15.0 Å². The molecule has 1 atom stereocenters. The summed E-state index contributed by atoms with van der Waals surface area (Å²) in [6, 6.07) is 7.24. The number of alkyl halides is 3. The number of carbonyl (C=O) groups is 4. The van der Waals surface area contributed by atoms with Crippen LogP contribution < -0.4 is 15.5 Å². The second kappa shape index (κ2) is 12.1. The fourth-order valence-corrected chi connectivity index (χ4v) is 5.14. The average Bonchev–Trinajstić information content (AvgIpc) is 3.49. The van der Waals surface area contributed by atoms with E-state index in [1.54, 1.807) is 50.5 Å². The molecule has 0 bridgehead atoms. The largest absolute Gasteiger partial charge is 0.490 e. The second-order valence-corrected chi connectivity index (χ2v) is 11.3. The zero-order chi connectivity index (χ0) is 30.8. The van der Waals surface area contributed by atoms with E-state index in [9.17, 15) is 32.3 Å². The first-order chi connectivity index (χ1) is 19.7. The van der Waals surface area contributed by atoms with E-state index in [0.29, 0.717) is 18.4 Å². The minimum Gasteiger partial charge on any atom is -0.430 e. The van der Waals surface area contributed by atoms with Gasteiger partial charge in [0.05, 0.1) is 5.69 Å². The fourth-order valence-electron chi connectivity index (χ4n) is 5.14. The lowest BCUT2D eigenvalue weighted by molar-refractivity contribution is -0.206. The third kappa shape index (κ3) is 6.56. The molecule has 13 heteroatoms. The van der Waals surface area contributed by atoms with Crippen LogP contribution in [-0.4, -0.2) is 57.7 Å². The Morgan fingerprint density at radius 2 is 1.74 bits per heavy atom. The van der Waals surface area contributed by atoms with Crippen LogP contribution in [0, 0.1) is 0 Å². The summed E-state index contributed by atoms with van der Waals surface area (Å²) in [4.78, 5) is 58.4. The summed E-state index contributed by atoms with van der Waals surface area (Å²) >= 11 is 0. The summed E-state index contributed by atoms with van der Waals surface area (Å²) in [5, 5.41) is 5.30. The molecule has 1 aliphatic heterocycles. The highest BCUT2D eigenvalue weighted by molar-refractivity contribution is 6.23. The monoisotopic (exact) mass is 589 g/mol. The molecule has 4 amide bonds. The van der Waals surface area contributed by atoms with E-state index < -0.39 is 41.8 Å². The van der Waals surface area contributed by atoms with Crippen molar-refractivity contribution in [1.29, 1.82) is 0 Å². The molecule has 1 aliphatic carbocycles. The molecule has 2 N–H and O–H groups in total. The molecule has 1 aromatic carbocycles. The number of nitrogens with zero attached hydrogens (tertiary/aromatic N) is 3. The van der Waals surface area contributed by atoms with Gasteiger partial charge in [-0.25, -0.2) is 14.5 Å². The van der Waals surface area contributed by atoms with Crippen LogP contribution in [0.3, 0.4) is 0 Å². The van der Waals surface area contributed by atoms with Gasteiger partial charge in [-0.3, -0.25) is 19.9 Å². The minimum atomic E-state index is -5.29. The number of aromatic nitrogens is 1. The molecule has 0 radical (unpaired) electrons. The molecule has 42 heavy (non-hydrogen) atoms. The van der Waals surface area contributed by atoms with Crippen LogP contribution in [0.25, 0.3) is 0 Å². The number of amides is 4. The van der Waals surface area contributed by atoms with Crippen molar-refractivity contribution in [2.24, 2.45) is 0 Å². The predicted octanol–water partition coefficient (Wildman–Crippen LogP) is 4.85. The van der Waals surface area contributed by atoms with Gasteiger partial charge in [-0.15, -0.1) is 0 Å². The van der Waals surface area contributed by atoms with Crippen LogP contribution in [0.5, 0.6) is 0 Å². The molecule has 2 fully saturated rings. The maximum Gasteiger partial charge on any atom is 0.490 e. The number of anilines is 2. The summed E-state index contributed by atoms with van der Waals surface area (Å²) in [6.45, 7) is 7.10. The lowest BCUT2D eigenvalue weighted by Gasteiger charge is -2.27. The minimum absolute atomic E-state index is 0.155. The number of carbonyl (C=O) groups excluding carboxylic acids is 4. The Morgan fingerprint density at radius 3 is 2.33 bits per heavy atom. The average molecular weight is 590 g/mol. The van der Waals surface area contributed by atoms with Crippen molar-refractivity contribution in [3.8, 4) is 0 Å². The van der Waals surface area contributed by atoms with Crippen molar-refractivity contribution in [3.63, 3.8) is 0 Å². The van der Waals surface area contributed by atoms with E-state index in [1.165, 1.54) is 11.0 Å². The van der Waals surface area contributed by atoms with Crippen molar-refractivity contribution in [2.45, 2.75) is 89.8 Å². The van der Waals surface area contributed by atoms with Crippen LogP contribution in [0.2, 0.25) is 0 Å². The van der Waals surface area contributed by atoms with Crippen molar-refractivity contribution >= 4 is 35.2 Å². The van der Waals surface area contributed by atoms with E-state index in [-0.39, 0.29) is 29.9 Å². The number of rotatable bonds is 9. The van der Waals surface area contributed by atoms with Gasteiger partial charge in [0.2, 0.25) is 6.23 Å². The van der Waals surface area contributed by atoms with Gasteiger partial charge in [0.25, 0.3) is 11.8 Å². The Kier molecular flexibility index (Phi) is 8.90. The van der Waals surface area contributed by atoms with E-state index in [4.69, 9.17) is 0 Å². The Bertz CT molecular complexity index is 1340. The van der Waals surface area contributed by atoms with Crippen LogP contribution in [0.4, 0.5) is 29.3 Å². The van der Waals surface area contributed by atoms with Gasteiger partial charge in [-0.2, -0.15) is 13.2 Å². The lowest BCUT2D eigenvalue weighted by Crippen LogP contribution is -2.49. The molecular weight excluding hydrogens is 555 g/mol. The first-order valence-corrected chi connectivity index (χ1v) is 13.7. The third-order valence-corrected chi connectivity index (χ3v) is 7.53. The number of hydrogen-bond donors (Lipinski definition) is 2. The van der Waals surface area contributed by atoms with Gasteiger partial charge in [0.15, 0.2) is 0 Å². The van der Waals surface area contributed by atoms with Crippen LogP contribution in [0.1, 0.15) is 70.4 Å². The van der Waals surface area contributed by atoms with Crippen molar-refractivity contribution in [3.05, 3.63) is 53.9 Å². The molecule has 10 nitrogen and oxygen atoms in total. The van der Waals surface area contributed by atoms with Gasteiger partial charge in [0, 0.05) is 30.7 Å². The Morgan fingerprint density at radius 1 is 1.10 bits per heavy atom. The molecular formula is C29H34F3N5O5. The smallest absolute Gasteiger partial charge is 0.430 e. The van der Waals surface area contributed by atoms with Crippen molar-refractivity contribution < 1.29 is 37.1 Å². The van der Waals surface area contributed by atoms with E-state index in [0.717, 1.165) is 23.3 Å². The van der Waals surface area contributed by atoms with Crippen molar-refractivity contribution in [2.75, 3.05) is 10.2 Å². The Labute approximate surface area is 241 Å². The first kappa shape index (κ1) is 30.9. The highest BCUT2D eigenvalue weighted by Crippen LogP contribution is 2.36. The molecule has 1 aromatic heterocycles. The summed E-state index contributed by atoms with van der Waals surface area (Å²) in [5.41, 5.74) is 0.518. The molecule has 0 spiro atoms. The zero-order valence-corrected chi connectivity index (χ0v) is 23.8. The number of pyridine rings is 1. The number of esters is 1. The maximum atomic E-state index is 13.6. The van der Waals surface area contributed by atoms with E-state index in [2.05, 4.69) is 20.4 Å². The molecule has 2 aliphatic rings. The standard InChI is InChI=1S/C29H34F3N5O5/c1-17(2)21-10-9-20(37-25(39)28(3,4)36(27(37)41)16-18-11-13-33-14-12-18)15-22(21)35-23(38)24(34-19-7-5-6-8-19)42-26(40)29(30,31)32/h9-15,17,19,24,34H,5-8,16H2,1-4H3,(H,35,38). The molecule has 1 saturated carbocycles. The fraction of sp³-hybridized carbons (Fsp3) is 0.483. The lowest BCUT2D eigenvalue weighted by atomic mass is 9.99. The number of ether oxygens (including phenoxy) is 1. The summed E-state index contributed by atoms with van der Waals surface area (Å²) in [7, 11) is 0. The van der Waals surface area contributed by atoms with Crippen molar-refractivity contribution in [1.82, 2.24) is 15.2 Å². The first-order valence-electron chi connectivity index (χ1n) is 13.7. The third-order valence-electron chi connectivity index (χ3n) is 7.53. The number of urea groups is 1. The quantitative estimate of drug-likeness (QED) is 0.244. The van der Waals surface area contributed by atoms with Gasteiger partial charge in [0.1, 0.15) is 5.54 Å². The number of benzene rings is 1. The SMILES string of the molecule is CC(C)c1ccc(N2C(=O)N(Cc3ccncc3)C(C)(C)C2=O)cc1NC(=O)C(NC1CCCC1)OC(=O)C(F)(F)F. The number of nitrogens with one attached hydrogen (secondary N) is 2. The molecule has 2 heterocycles. The molecule has 226 valence electrons. The van der Waals surface area contributed by atoms with Crippen LogP contribution in [-0.2, 0) is 25.7 Å². The highest BCUT2D eigenvalue weighted by Gasteiger charge is 2.52. The number of halogens is 3. The van der Waals surface area contributed by atoms with Gasteiger partial charge in [-0.05, 0) is 68.0 Å². The number of imide groups is 1. The van der Waals surface area contributed by atoms with Crippen LogP contribution >= 0.6 is 0 Å². The normalized spacial score (nSPS) is 18.1. The topological polar surface area (TPSA) is 121 Å². The second-order valence-electron chi connectivity index (χ2n) is 11.3. The summed E-state index contributed by atoms with van der Waals surface area (Å²) in [6.07, 6.45) is -1.14. The van der Waals surface area contributed by atoms with E-state index >= 15 is 0 Å².